The topological polar surface area (TPSA) is 80.1 Å². The number of carbonyl (C=O) groups is 2. The van der Waals surface area contributed by atoms with Gasteiger partial charge in [-0.05, 0) is 60.9 Å². The summed E-state index contributed by atoms with van der Waals surface area (Å²) >= 11 is 0. The molecule has 4 aromatic rings. The number of amides is 2. The molecular weight excluding hydrogens is 414 g/mol. The van der Waals surface area contributed by atoms with Gasteiger partial charge in [-0.2, -0.15) is 5.10 Å². The van der Waals surface area contributed by atoms with Crippen LogP contribution < -0.4 is 10.2 Å². The van der Waals surface area contributed by atoms with Crippen molar-refractivity contribution in [2.24, 2.45) is 0 Å². The predicted octanol–water partition coefficient (Wildman–Crippen LogP) is 4.28. The Bertz CT molecular complexity index is 1310. The number of benzene rings is 2. The highest BCUT2D eigenvalue weighted by atomic mass is 16.2. The van der Waals surface area contributed by atoms with Gasteiger partial charge in [0.1, 0.15) is 0 Å². The Labute approximate surface area is 191 Å². The van der Waals surface area contributed by atoms with Gasteiger partial charge in [-0.15, -0.1) is 0 Å². The Morgan fingerprint density at radius 2 is 1.79 bits per heavy atom. The van der Waals surface area contributed by atoms with Crippen LogP contribution in [-0.2, 0) is 12.8 Å². The van der Waals surface area contributed by atoms with Gasteiger partial charge in [0.2, 0.25) is 0 Å². The van der Waals surface area contributed by atoms with Crippen LogP contribution in [0.15, 0.2) is 79.1 Å². The van der Waals surface area contributed by atoms with Crippen molar-refractivity contribution in [1.29, 1.82) is 0 Å². The van der Waals surface area contributed by atoms with Crippen molar-refractivity contribution < 1.29 is 9.59 Å². The molecule has 0 bridgehead atoms. The maximum absolute atomic E-state index is 13.0. The number of hydrogen-bond acceptors (Lipinski definition) is 4. The van der Waals surface area contributed by atoms with E-state index in [1.54, 1.807) is 41.3 Å². The summed E-state index contributed by atoms with van der Waals surface area (Å²) in [4.78, 5) is 32.1. The molecule has 0 saturated heterocycles. The summed E-state index contributed by atoms with van der Waals surface area (Å²) in [6.45, 7) is 2.65. The molecule has 1 aliphatic rings. The fraction of sp³-hybridized carbons (Fsp3) is 0.154. The van der Waals surface area contributed by atoms with Gasteiger partial charge in [-0.3, -0.25) is 9.59 Å². The van der Waals surface area contributed by atoms with Gasteiger partial charge in [0.15, 0.2) is 5.82 Å². The molecule has 1 aliphatic heterocycles. The molecule has 7 heteroatoms. The van der Waals surface area contributed by atoms with Gasteiger partial charge < -0.3 is 10.2 Å². The first-order valence-corrected chi connectivity index (χ1v) is 10.9. The first-order valence-electron chi connectivity index (χ1n) is 10.9. The molecule has 0 aliphatic carbocycles. The molecule has 164 valence electrons. The number of rotatable bonds is 5. The number of fused-ring (bicyclic) bond motifs is 1. The van der Waals surface area contributed by atoms with Crippen molar-refractivity contribution in [2.45, 2.75) is 19.8 Å². The van der Waals surface area contributed by atoms with Gasteiger partial charge >= 0.3 is 0 Å². The van der Waals surface area contributed by atoms with Crippen LogP contribution >= 0.6 is 0 Å². The summed E-state index contributed by atoms with van der Waals surface area (Å²) < 4.78 is 1.69. The van der Waals surface area contributed by atoms with Crippen molar-refractivity contribution in [3.05, 3.63) is 102 Å². The number of aromatic nitrogens is 3. The third kappa shape index (κ3) is 3.89. The Morgan fingerprint density at radius 1 is 1.00 bits per heavy atom. The second kappa shape index (κ2) is 8.70. The quantitative estimate of drug-likeness (QED) is 0.505. The lowest BCUT2D eigenvalue weighted by atomic mass is 10.1. The van der Waals surface area contributed by atoms with Gasteiger partial charge in [0.05, 0.1) is 17.5 Å². The number of nitrogens with one attached hydrogen (secondary N) is 1. The first kappa shape index (κ1) is 20.6. The van der Waals surface area contributed by atoms with Crippen LogP contribution in [0.3, 0.4) is 0 Å². The summed E-state index contributed by atoms with van der Waals surface area (Å²) in [5.74, 6) is 0.379. The Balaban J connectivity index is 1.32. The Kier molecular flexibility index (Phi) is 5.44. The lowest BCUT2D eigenvalue weighted by Crippen LogP contribution is -2.28. The number of carbonyl (C=O) groups excluding carboxylic acids is 2. The number of anilines is 2. The number of para-hydroxylation sites is 1. The molecule has 0 spiro atoms. The van der Waals surface area contributed by atoms with Crippen LogP contribution in [0.25, 0.3) is 5.82 Å². The van der Waals surface area contributed by atoms with Gasteiger partial charge in [-0.1, -0.05) is 31.2 Å². The molecule has 7 nitrogen and oxygen atoms in total. The van der Waals surface area contributed by atoms with E-state index in [1.165, 1.54) is 5.56 Å². The minimum atomic E-state index is -0.249. The molecule has 3 heterocycles. The molecule has 5 rings (SSSR count). The second-order valence-corrected chi connectivity index (χ2v) is 7.83. The van der Waals surface area contributed by atoms with Crippen LogP contribution in [0.2, 0.25) is 0 Å². The zero-order valence-corrected chi connectivity index (χ0v) is 18.2. The van der Waals surface area contributed by atoms with Crippen LogP contribution in [0.1, 0.15) is 38.9 Å². The monoisotopic (exact) mass is 437 g/mol. The van der Waals surface area contributed by atoms with Crippen molar-refractivity contribution in [1.82, 2.24) is 14.8 Å². The van der Waals surface area contributed by atoms with Gasteiger partial charge in [0, 0.05) is 29.7 Å². The molecule has 2 aromatic heterocycles. The van der Waals surface area contributed by atoms with E-state index in [9.17, 15) is 9.59 Å². The zero-order chi connectivity index (χ0) is 22.8. The van der Waals surface area contributed by atoms with Crippen LogP contribution in [0, 0.1) is 0 Å². The molecule has 2 aromatic carbocycles. The SMILES string of the molecule is CCc1c(C(=O)Nc2ccc(C(=O)N3CCc4ccccc43)cc2)cnn1-c1ccccn1. The lowest BCUT2D eigenvalue weighted by Gasteiger charge is -2.17. The van der Waals surface area contributed by atoms with Crippen molar-refractivity contribution in [3.8, 4) is 5.82 Å². The Morgan fingerprint density at radius 3 is 2.55 bits per heavy atom. The Hall–Kier alpha value is -4.26. The normalized spacial score (nSPS) is 12.5. The molecule has 0 unspecified atom stereocenters. The summed E-state index contributed by atoms with van der Waals surface area (Å²) in [6.07, 6.45) is 4.75. The number of pyridine rings is 1. The lowest BCUT2D eigenvalue weighted by molar-refractivity contribution is 0.0988. The summed E-state index contributed by atoms with van der Waals surface area (Å²) in [6, 6.07) is 20.5. The molecule has 0 fully saturated rings. The predicted molar refractivity (Wildman–Crippen MR) is 127 cm³/mol. The highest BCUT2D eigenvalue weighted by Crippen LogP contribution is 2.29. The molecule has 2 amide bonds. The molecule has 0 atom stereocenters. The highest BCUT2D eigenvalue weighted by Gasteiger charge is 2.25. The van der Waals surface area contributed by atoms with E-state index in [1.807, 2.05) is 48.2 Å². The second-order valence-electron chi connectivity index (χ2n) is 7.83. The van der Waals surface area contributed by atoms with E-state index in [0.29, 0.717) is 35.6 Å². The van der Waals surface area contributed by atoms with Gasteiger partial charge in [0.25, 0.3) is 11.8 Å². The fourth-order valence-electron chi connectivity index (χ4n) is 4.18. The fourth-order valence-corrected chi connectivity index (χ4v) is 4.18. The van der Waals surface area contributed by atoms with E-state index in [0.717, 1.165) is 17.8 Å². The van der Waals surface area contributed by atoms with Crippen molar-refractivity contribution in [3.63, 3.8) is 0 Å². The molecule has 33 heavy (non-hydrogen) atoms. The average Bonchev–Trinajstić information content (AvgIpc) is 3.49. The standard InChI is InChI=1S/C26H23N5O2/c1-2-22-21(17-28-31(22)24-9-5-6-15-27-24)25(32)29-20-12-10-19(11-13-20)26(33)30-16-14-18-7-3-4-8-23(18)30/h3-13,15,17H,2,14,16H2,1H3,(H,29,32). The third-order valence-corrected chi connectivity index (χ3v) is 5.84. The van der Waals surface area contributed by atoms with E-state index in [2.05, 4.69) is 21.5 Å². The molecule has 1 N–H and O–H groups in total. The molecule has 0 radical (unpaired) electrons. The summed E-state index contributed by atoms with van der Waals surface area (Å²) in [5, 5.41) is 7.27. The molecular formula is C26H23N5O2. The highest BCUT2D eigenvalue weighted by molar-refractivity contribution is 6.08. The van der Waals surface area contributed by atoms with Crippen LogP contribution in [-0.4, -0.2) is 33.1 Å². The summed E-state index contributed by atoms with van der Waals surface area (Å²) in [7, 11) is 0. The number of nitrogens with zero attached hydrogens (tertiary/aromatic N) is 4. The maximum Gasteiger partial charge on any atom is 0.259 e. The van der Waals surface area contributed by atoms with E-state index in [-0.39, 0.29) is 11.8 Å². The average molecular weight is 438 g/mol. The third-order valence-electron chi connectivity index (χ3n) is 5.84. The van der Waals surface area contributed by atoms with E-state index >= 15 is 0 Å². The van der Waals surface area contributed by atoms with Crippen LogP contribution in [0.4, 0.5) is 11.4 Å². The van der Waals surface area contributed by atoms with E-state index < -0.39 is 0 Å². The maximum atomic E-state index is 13.0. The van der Waals surface area contributed by atoms with E-state index in [4.69, 9.17) is 0 Å². The smallest absolute Gasteiger partial charge is 0.259 e. The minimum Gasteiger partial charge on any atom is -0.322 e. The van der Waals surface area contributed by atoms with Crippen molar-refractivity contribution in [2.75, 3.05) is 16.8 Å². The first-order chi connectivity index (χ1) is 16.2. The van der Waals surface area contributed by atoms with Crippen molar-refractivity contribution >= 4 is 23.2 Å². The van der Waals surface area contributed by atoms with Crippen LogP contribution in [0.5, 0.6) is 0 Å². The minimum absolute atomic E-state index is 0.0391. The molecule has 0 saturated carbocycles. The largest absolute Gasteiger partial charge is 0.322 e. The zero-order valence-electron chi connectivity index (χ0n) is 18.2. The summed E-state index contributed by atoms with van der Waals surface area (Å²) in [5.41, 5.74) is 4.64. The number of hydrogen-bond donors (Lipinski definition) is 1. The van der Waals surface area contributed by atoms with Gasteiger partial charge in [-0.25, -0.2) is 9.67 Å².